The van der Waals surface area contributed by atoms with Gasteiger partial charge in [-0.25, -0.2) is 9.97 Å². The third-order valence-electron chi connectivity index (χ3n) is 8.17. The molecule has 0 saturated heterocycles. The van der Waals surface area contributed by atoms with E-state index < -0.39 is 0 Å². The number of nitrogens with zero attached hydrogens (tertiary/aromatic N) is 2. The molecule has 0 fully saturated rings. The molecule has 8 bridgehead atoms. The van der Waals surface area contributed by atoms with Gasteiger partial charge < -0.3 is 9.72 Å². The number of fused-ring (bicyclic) bond motifs is 10. The van der Waals surface area contributed by atoms with Crippen LogP contribution in [0.3, 0.4) is 0 Å². The summed E-state index contributed by atoms with van der Waals surface area (Å²) in [6, 6.07) is 40.2. The molecule has 4 nitrogen and oxygen atoms in total. The molecular weight excluding hydrogens is 514 g/mol. The minimum Gasteiger partial charge on any atom is -0.439 e. The lowest BCUT2D eigenvalue weighted by Crippen LogP contribution is -2.11. The predicted molar refractivity (Wildman–Crippen MR) is 172 cm³/mol. The number of pyridine rings is 2. The summed E-state index contributed by atoms with van der Waals surface area (Å²) in [4.78, 5) is 14.1. The van der Waals surface area contributed by atoms with Crippen molar-refractivity contribution in [2.24, 2.45) is 0 Å². The van der Waals surface area contributed by atoms with Gasteiger partial charge in [0.2, 0.25) is 5.88 Å². The largest absolute Gasteiger partial charge is 0.439 e. The first-order chi connectivity index (χ1) is 20.4. The monoisotopic (exact) mass is 543 g/mol. The molecule has 4 heteroatoms. The van der Waals surface area contributed by atoms with Crippen LogP contribution in [0.4, 0.5) is 0 Å². The van der Waals surface area contributed by atoms with E-state index in [0.29, 0.717) is 5.88 Å². The molecule has 0 radical (unpaired) electrons. The van der Waals surface area contributed by atoms with Gasteiger partial charge in [-0.3, -0.25) is 0 Å². The summed E-state index contributed by atoms with van der Waals surface area (Å²) in [5.74, 6) is 1.30. The summed E-state index contributed by atoms with van der Waals surface area (Å²) in [5, 5.41) is 2.32. The van der Waals surface area contributed by atoms with Crippen molar-refractivity contribution in [3.63, 3.8) is 0 Å². The van der Waals surface area contributed by atoms with Crippen LogP contribution in [0.2, 0.25) is 0 Å². The van der Waals surface area contributed by atoms with Gasteiger partial charge in [0.15, 0.2) is 0 Å². The van der Waals surface area contributed by atoms with E-state index in [0.717, 1.165) is 72.5 Å². The molecule has 0 spiro atoms. The van der Waals surface area contributed by atoms with Crippen molar-refractivity contribution >= 4 is 21.8 Å². The topological polar surface area (TPSA) is 50.8 Å². The highest BCUT2D eigenvalue weighted by atomic mass is 16.5. The van der Waals surface area contributed by atoms with E-state index >= 15 is 0 Å². The van der Waals surface area contributed by atoms with Crippen molar-refractivity contribution in [2.45, 2.75) is 26.2 Å². The number of benzene rings is 4. The van der Waals surface area contributed by atoms with E-state index in [-0.39, 0.29) is 5.41 Å². The van der Waals surface area contributed by atoms with E-state index in [1.807, 2.05) is 18.2 Å². The van der Waals surface area contributed by atoms with Gasteiger partial charge in [-0.1, -0.05) is 93.6 Å². The number of aromatic amines is 1. The van der Waals surface area contributed by atoms with E-state index in [4.69, 9.17) is 14.7 Å². The number of ether oxygens (including phenoxy) is 1. The molecule has 0 saturated carbocycles. The molecule has 1 aliphatic rings. The Kier molecular flexibility index (Phi) is 5.35. The third kappa shape index (κ3) is 4.07. The number of hydrogen-bond donors (Lipinski definition) is 1. The normalized spacial score (nSPS) is 12.4. The van der Waals surface area contributed by atoms with Gasteiger partial charge in [0.05, 0.1) is 28.1 Å². The molecule has 4 aromatic carbocycles. The highest BCUT2D eigenvalue weighted by Gasteiger charge is 2.20. The Morgan fingerprint density at radius 2 is 1.24 bits per heavy atom. The van der Waals surface area contributed by atoms with Crippen LogP contribution in [0.1, 0.15) is 26.3 Å². The van der Waals surface area contributed by atoms with E-state index in [1.165, 1.54) is 5.56 Å². The van der Waals surface area contributed by atoms with Crippen LogP contribution in [0.15, 0.2) is 115 Å². The first-order valence-electron chi connectivity index (χ1n) is 14.3. The average molecular weight is 544 g/mol. The van der Waals surface area contributed by atoms with Crippen LogP contribution in [0.25, 0.3) is 66.7 Å². The maximum Gasteiger partial charge on any atom is 0.219 e. The number of rotatable bonds is 1. The Bertz CT molecular complexity index is 2150. The summed E-state index contributed by atoms with van der Waals surface area (Å²) in [6.07, 6.45) is 0. The average Bonchev–Trinajstić information content (AvgIpc) is 3.40. The third-order valence-corrected chi connectivity index (χ3v) is 8.17. The van der Waals surface area contributed by atoms with Crippen LogP contribution < -0.4 is 4.74 Å². The van der Waals surface area contributed by atoms with Crippen molar-refractivity contribution in [2.75, 3.05) is 0 Å². The van der Waals surface area contributed by atoms with Crippen LogP contribution in [0.5, 0.6) is 11.6 Å². The van der Waals surface area contributed by atoms with Gasteiger partial charge in [-0.05, 0) is 58.5 Å². The number of H-pyrrole nitrogens is 1. The Hall–Kier alpha value is -5.22. The van der Waals surface area contributed by atoms with Crippen molar-refractivity contribution in [1.82, 2.24) is 15.0 Å². The Morgan fingerprint density at radius 3 is 1.98 bits per heavy atom. The lowest BCUT2D eigenvalue weighted by Gasteiger charge is -2.21. The summed E-state index contributed by atoms with van der Waals surface area (Å²) in [6.45, 7) is 6.67. The fraction of sp³-hybridized carbons (Fsp3) is 0.105. The van der Waals surface area contributed by atoms with Gasteiger partial charge in [-0.2, -0.15) is 0 Å². The van der Waals surface area contributed by atoms with E-state index in [1.54, 1.807) is 0 Å². The van der Waals surface area contributed by atoms with Crippen molar-refractivity contribution < 1.29 is 4.74 Å². The first-order valence-corrected chi connectivity index (χ1v) is 14.3. The molecule has 1 N–H and O–H groups in total. The van der Waals surface area contributed by atoms with Crippen LogP contribution in [0, 0.1) is 0 Å². The standard InChI is InChI=1S/C38H29N3O/c1-38(2,3)26-18-25-19-27(22-26)42-35-17-9-16-32(40-35)30-14-7-12-28-29-13-8-15-31(37(29)41-36(28)30)34-21-24(20-33(25)39-34)23-10-5-4-6-11-23/h4-22,41H,1-3H3. The lowest BCUT2D eigenvalue weighted by atomic mass is 9.85. The number of aromatic nitrogens is 3. The first kappa shape index (κ1) is 24.6. The maximum atomic E-state index is 6.50. The molecule has 202 valence electrons. The second kappa shape index (κ2) is 9.15. The SMILES string of the molecule is CC(C)(C)c1cc2cc(c1)-c1cc(-c3ccccc3)cc(n1)-c1cccc3c1[nH]c1c(cccc13)-c1cccc(n1)O2. The van der Waals surface area contributed by atoms with Crippen LogP contribution >= 0.6 is 0 Å². The minimum atomic E-state index is -0.0895. The summed E-state index contributed by atoms with van der Waals surface area (Å²) >= 11 is 0. The van der Waals surface area contributed by atoms with Crippen LogP contribution in [-0.4, -0.2) is 15.0 Å². The fourth-order valence-corrected chi connectivity index (χ4v) is 5.97. The maximum absolute atomic E-state index is 6.50. The Morgan fingerprint density at radius 1 is 0.548 bits per heavy atom. The molecular formula is C38H29N3O. The molecule has 42 heavy (non-hydrogen) atoms. The van der Waals surface area contributed by atoms with Crippen LogP contribution in [-0.2, 0) is 5.41 Å². The molecule has 8 rings (SSSR count). The zero-order valence-corrected chi connectivity index (χ0v) is 23.8. The highest BCUT2D eigenvalue weighted by molar-refractivity contribution is 6.15. The quantitative estimate of drug-likeness (QED) is 0.224. The smallest absolute Gasteiger partial charge is 0.219 e. The summed E-state index contributed by atoms with van der Waals surface area (Å²) in [5.41, 5.74) is 11.2. The second-order valence-corrected chi connectivity index (χ2v) is 12.0. The summed E-state index contributed by atoms with van der Waals surface area (Å²) in [7, 11) is 0. The van der Waals surface area contributed by atoms with Gasteiger partial charge in [0, 0.05) is 33.5 Å². The lowest BCUT2D eigenvalue weighted by molar-refractivity contribution is 0.460. The fourth-order valence-electron chi connectivity index (χ4n) is 5.97. The van der Waals surface area contributed by atoms with Gasteiger partial charge in [0.1, 0.15) is 5.75 Å². The van der Waals surface area contributed by atoms with Gasteiger partial charge >= 0.3 is 0 Å². The van der Waals surface area contributed by atoms with Crippen molar-refractivity contribution in [3.05, 3.63) is 121 Å². The molecule has 3 aromatic heterocycles. The number of nitrogens with one attached hydrogen (secondary N) is 1. The molecule has 4 heterocycles. The predicted octanol–water partition coefficient (Wildman–Crippen LogP) is 10.2. The minimum absolute atomic E-state index is 0.0895. The summed E-state index contributed by atoms with van der Waals surface area (Å²) < 4.78 is 6.50. The molecule has 1 aliphatic heterocycles. The second-order valence-electron chi connectivity index (χ2n) is 12.0. The molecule has 7 aromatic rings. The van der Waals surface area contributed by atoms with E-state index in [2.05, 4.69) is 123 Å². The molecule has 0 aliphatic carbocycles. The van der Waals surface area contributed by atoms with Gasteiger partial charge in [-0.15, -0.1) is 0 Å². The molecule has 0 amide bonds. The number of para-hydroxylation sites is 2. The molecule has 0 atom stereocenters. The zero-order valence-electron chi connectivity index (χ0n) is 23.8. The van der Waals surface area contributed by atoms with Crippen molar-refractivity contribution in [3.8, 4) is 56.5 Å². The molecule has 0 unspecified atom stereocenters. The van der Waals surface area contributed by atoms with E-state index in [9.17, 15) is 0 Å². The van der Waals surface area contributed by atoms with Gasteiger partial charge in [0.25, 0.3) is 0 Å². The highest BCUT2D eigenvalue weighted by Crippen LogP contribution is 2.40. The Labute approximate surface area is 244 Å². The zero-order chi connectivity index (χ0) is 28.4. The van der Waals surface area contributed by atoms with Crippen molar-refractivity contribution in [1.29, 1.82) is 0 Å². The number of hydrogen-bond acceptors (Lipinski definition) is 3. The Balaban J connectivity index is 1.51.